The molecule has 1 aliphatic heterocycles. The van der Waals surface area contributed by atoms with Crippen LogP contribution in [0.3, 0.4) is 0 Å². The first kappa shape index (κ1) is 21.5. The fraction of sp³-hybridized carbons (Fsp3) is 0.522. The number of imidazole rings is 1. The van der Waals surface area contributed by atoms with E-state index in [-0.39, 0.29) is 11.2 Å². The van der Waals surface area contributed by atoms with Gasteiger partial charge in [-0.3, -0.25) is 24.1 Å². The smallest absolute Gasteiger partial charge is 0.324 e. The molecule has 1 aliphatic rings. The highest BCUT2D eigenvalue weighted by Gasteiger charge is 2.20. The Morgan fingerprint density at radius 3 is 2.42 bits per heavy atom. The topological polar surface area (TPSA) is 79.2 Å². The minimum Gasteiger partial charge on any atom is -0.324 e. The fourth-order valence-electron chi connectivity index (χ4n) is 4.34. The third kappa shape index (κ3) is 4.80. The van der Waals surface area contributed by atoms with Crippen LogP contribution in [-0.2, 0) is 26.7 Å². The Kier molecular flexibility index (Phi) is 6.67. The fourth-order valence-corrected chi connectivity index (χ4v) is 4.34. The molecule has 4 rings (SSSR count). The summed E-state index contributed by atoms with van der Waals surface area (Å²) in [4.78, 5) is 36.9. The van der Waals surface area contributed by atoms with Gasteiger partial charge in [-0.1, -0.05) is 43.7 Å². The van der Waals surface area contributed by atoms with Crippen molar-refractivity contribution >= 4 is 11.2 Å². The summed E-state index contributed by atoms with van der Waals surface area (Å²) in [5.41, 5.74) is 1.59. The molecule has 3 aromatic rings. The van der Waals surface area contributed by atoms with Crippen molar-refractivity contribution in [2.24, 2.45) is 7.05 Å². The lowest BCUT2D eigenvalue weighted by atomic mass is 10.2. The summed E-state index contributed by atoms with van der Waals surface area (Å²) in [6.45, 7) is 8.31. The van der Waals surface area contributed by atoms with E-state index in [4.69, 9.17) is 4.98 Å². The largest absolute Gasteiger partial charge is 0.330 e. The van der Waals surface area contributed by atoms with Crippen molar-refractivity contribution in [3.63, 3.8) is 0 Å². The first-order valence-electron chi connectivity index (χ1n) is 11.2. The lowest BCUT2D eigenvalue weighted by Gasteiger charge is -2.21. The molecule has 2 aromatic heterocycles. The summed E-state index contributed by atoms with van der Waals surface area (Å²) in [6.07, 6.45) is 2.94. The standard InChI is InChI=1S/C23H32N6O2/c1-3-4-13-29-21-20(22(30)25-23(29)31)26(2)19(24-21)17-28-12-8-11-27(14-15-28)16-18-9-6-5-7-10-18/h5-7,9-10H,3-4,8,11-17H2,1-2H3,(H,25,30,31). The molecule has 0 unspecified atom stereocenters. The third-order valence-corrected chi connectivity index (χ3v) is 6.14. The summed E-state index contributed by atoms with van der Waals surface area (Å²) in [6, 6.07) is 10.6. The molecule has 0 atom stereocenters. The van der Waals surface area contributed by atoms with Crippen LogP contribution >= 0.6 is 0 Å². The van der Waals surface area contributed by atoms with Crippen molar-refractivity contribution in [1.82, 2.24) is 28.9 Å². The number of nitrogens with zero attached hydrogens (tertiary/aromatic N) is 5. The summed E-state index contributed by atoms with van der Waals surface area (Å²) in [7, 11) is 1.87. The van der Waals surface area contributed by atoms with Gasteiger partial charge in [0.25, 0.3) is 5.56 Å². The molecular weight excluding hydrogens is 392 g/mol. The number of benzene rings is 1. The van der Waals surface area contributed by atoms with Gasteiger partial charge in [-0.15, -0.1) is 0 Å². The van der Waals surface area contributed by atoms with E-state index in [0.717, 1.165) is 57.8 Å². The Morgan fingerprint density at radius 1 is 1.00 bits per heavy atom. The van der Waals surface area contributed by atoms with Crippen LogP contribution < -0.4 is 11.2 Å². The van der Waals surface area contributed by atoms with E-state index in [9.17, 15) is 9.59 Å². The molecule has 0 amide bonds. The van der Waals surface area contributed by atoms with E-state index in [1.165, 1.54) is 5.56 Å². The van der Waals surface area contributed by atoms with E-state index in [1.807, 2.05) is 11.6 Å². The number of aromatic nitrogens is 4. The Labute approximate surface area is 182 Å². The second-order valence-corrected chi connectivity index (χ2v) is 8.42. The monoisotopic (exact) mass is 424 g/mol. The number of rotatable bonds is 7. The van der Waals surface area contributed by atoms with Gasteiger partial charge in [0.2, 0.25) is 0 Å². The second kappa shape index (κ2) is 9.62. The summed E-state index contributed by atoms with van der Waals surface area (Å²) < 4.78 is 3.45. The van der Waals surface area contributed by atoms with Crippen LogP contribution in [0.5, 0.6) is 0 Å². The molecule has 3 heterocycles. The van der Waals surface area contributed by atoms with Crippen molar-refractivity contribution in [3.05, 3.63) is 62.6 Å². The maximum absolute atomic E-state index is 12.5. The Bertz CT molecular complexity index is 1130. The first-order chi connectivity index (χ1) is 15.1. The van der Waals surface area contributed by atoms with Crippen molar-refractivity contribution in [2.75, 3.05) is 26.2 Å². The van der Waals surface area contributed by atoms with Crippen LogP contribution in [0.2, 0.25) is 0 Å². The quantitative estimate of drug-likeness (QED) is 0.627. The molecule has 31 heavy (non-hydrogen) atoms. The van der Waals surface area contributed by atoms with Gasteiger partial charge in [0.05, 0.1) is 6.54 Å². The number of H-pyrrole nitrogens is 1. The molecule has 1 aromatic carbocycles. The summed E-state index contributed by atoms with van der Waals surface area (Å²) >= 11 is 0. The van der Waals surface area contributed by atoms with Gasteiger partial charge < -0.3 is 4.57 Å². The highest BCUT2D eigenvalue weighted by Crippen LogP contribution is 2.15. The minimum atomic E-state index is -0.373. The van der Waals surface area contributed by atoms with Crippen molar-refractivity contribution < 1.29 is 0 Å². The minimum absolute atomic E-state index is 0.362. The van der Waals surface area contributed by atoms with E-state index in [0.29, 0.717) is 24.3 Å². The molecule has 0 bridgehead atoms. The number of hydrogen-bond donors (Lipinski definition) is 1. The number of aromatic amines is 1. The zero-order valence-electron chi connectivity index (χ0n) is 18.5. The van der Waals surface area contributed by atoms with Crippen molar-refractivity contribution in [3.8, 4) is 0 Å². The van der Waals surface area contributed by atoms with E-state index < -0.39 is 0 Å². The number of unbranched alkanes of at least 4 members (excludes halogenated alkanes) is 1. The van der Waals surface area contributed by atoms with Crippen LogP contribution in [0, 0.1) is 0 Å². The van der Waals surface area contributed by atoms with Gasteiger partial charge in [0.1, 0.15) is 5.82 Å². The summed E-state index contributed by atoms with van der Waals surface area (Å²) in [5.74, 6) is 0.827. The normalized spacial score (nSPS) is 16.1. The average Bonchev–Trinajstić information content (AvgIpc) is 2.92. The van der Waals surface area contributed by atoms with Crippen LogP contribution in [0.25, 0.3) is 11.2 Å². The van der Waals surface area contributed by atoms with Crippen LogP contribution in [-0.4, -0.2) is 55.1 Å². The molecule has 1 saturated heterocycles. The zero-order chi connectivity index (χ0) is 21.8. The maximum atomic E-state index is 12.5. The highest BCUT2D eigenvalue weighted by molar-refractivity contribution is 5.70. The van der Waals surface area contributed by atoms with Gasteiger partial charge in [0.15, 0.2) is 11.2 Å². The van der Waals surface area contributed by atoms with Crippen LogP contribution in [0.1, 0.15) is 37.6 Å². The summed E-state index contributed by atoms with van der Waals surface area (Å²) in [5, 5.41) is 0. The van der Waals surface area contributed by atoms with Gasteiger partial charge in [0, 0.05) is 33.2 Å². The van der Waals surface area contributed by atoms with Crippen LogP contribution in [0.4, 0.5) is 0 Å². The van der Waals surface area contributed by atoms with Gasteiger partial charge in [-0.2, -0.15) is 0 Å². The SMILES string of the molecule is CCCCn1c(=O)[nH]c(=O)c2c1nc(CN1CCCN(Cc3ccccc3)CC1)n2C. The van der Waals surface area contributed by atoms with Gasteiger partial charge in [-0.05, 0) is 31.5 Å². The van der Waals surface area contributed by atoms with E-state index in [2.05, 4.69) is 52.0 Å². The number of fused-ring (bicyclic) bond motifs is 1. The Hall–Kier alpha value is -2.71. The second-order valence-electron chi connectivity index (χ2n) is 8.42. The van der Waals surface area contributed by atoms with Gasteiger partial charge in [-0.25, -0.2) is 9.78 Å². The predicted octanol–water partition coefficient (Wildman–Crippen LogP) is 1.93. The number of aryl methyl sites for hydroxylation is 2. The maximum Gasteiger partial charge on any atom is 0.330 e. The predicted molar refractivity (Wildman–Crippen MR) is 122 cm³/mol. The molecule has 0 spiro atoms. The average molecular weight is 425 g/mol. The zero-order valence-corrected chi connectivity index (χ0v) is 18.5. The molecule has 8 heteroatoms. The molecule has 0 radical (unpaired) electrons. The van der Waals surface area contributed by atoms with Crippen molar-refractivity contribution in [1.29, 1.82) is 0 Å². The van der Waals surface area contributed by atoms with Crippen molar-refractivity contribution in [2.45, 2.75) is 45.8 Å². The molecule has 8 nitrogen and oxygen atoms in total. The Morgan fingerprint density at radius 2 is 1.71 bits per heavy atom. The van der Waals surface area contributed by atoms with E-state index in [1.54, 1.807) is 4.57 Å². The highest BCUT2D eigenvalue weighted by atomic mass is 16.2. The lowest BCUT2D eigenvalue weighted by Crippen LogP contribution is -2.31. The molecule has 0 saturated carbocycles. The number of nitrogens with one attached hydrogen (secondary N) is 1. The molecule has 1 N–H and O–H groups in total. The van der Waals surface area contributed by atoms with E-state index >= 15 is 0 Å². The molecule has 0 aliphatic carbocycles. The number of hydrogen-bond acceptors (Lipinski definition) is 5. The molecule has 166 valence electrons. The third-order valence-electron chi connectivity index (χ3n) is 6.14. The first-order valence-corrected chi connectivity index (χ1v) is 11.2. The molecular formula is C23H32N6O2. The van der Waals surface area contributed by atoms with Crippen LogP contribution in [0.15, 0.2) is 39.9 Å². The molecule has 1 fully saturated rings. The Balaban J connectivity index is 1.51. The van der Waals surface area contributed by atoms with Gasteiger partial charge >= 0.3 is 5.69 Å². The lowest BCUT2D eigenvalue weighted by molar-refractivity contribution is 0.242.